The largest absolute Gasteiger partial charge is 0.326 e. The molecule has 0 aromatic heterocycles. The van der Waals surface area contributed by atoms with E-state index in [9.17, 15) is 4.79 Å². The molecule has 0 atom stereocenters. The quantitative estimate of drug-likeness (QED) is 0.835. The van der Waals surface area contributed by atoms with Gasteiger partial charge in [-0.15, -0.1) is 0 Å². The summed E-state index contributed by atoms with van der Waals surface area (Å²) in [5.74, 6) is 2.62. The molecule has 1 aromatic carbocycles. The first-order valence-corrected chi connectivity index (χ1v) is 8.49. The molecule has 0 heterocycles. The van der Waals surface area contributed by atoms with E-state index in [-0.39, 0.29) is 11.3 Å². The highest BCUT2D eigenvalue weighted by molar-refractivity contribution is 6.31. The van der Waals surface area contributed by atoms with Gasteiger partial charge in [0.15, 0.2) is 0 Å². The van der Waals surface area contributed by atoms with Gasteiger partial charge in [0.2, 0.25) is 5.91 Å². The minimum absolute atomic E-state index is 0.0912. The van der Waals surface area contributed by atoms with Gasteiger partial charge >= 0.3 is 0 Å². The third-order valence-electron chi connectivity index (χ3n) is 5.95. The summed E-state index contributed by atoms with van der Waals surface area (Å²) >= 11 is 6.16. The maximum absolute atomic E-state index is 12.9. The van der Waals surface area contributed by atoms with Gasteiger partial charge in [0.05, 0.1) is 5.41 Å². The molecular weight excluding hydrogens is 282 g/mol. The van der Waals surface area contributed by atoms with Gasteiger partial charge in [-0.05, 0) is 80.9 Å². The molecule has 0 radical (unpaired) electrons. The van der Waals surface area contributed by atoms with Crippen LogP contribution in [0.25, 0.3) is 0 Å². The number of carbonyl (C=O) groups is 1. The lowest BCUT2D eigenvalue weighted by Crippen LogP contribution is -2.51. The maximum atomic E-state index is 12.9. The highest BCUT2D eigenvalue weighted by atomic mass is 35.5. The molecule has 1 amide bonds. The molecular formula is C18H22ClNO. The zero-order chi connectivity index (χ0) is 14.6. The fraction of sp³-hybridized carbons (Fsp3) is 0.611. The SMILES string of the molecule is Cc1ccc(NC(=O)C23CC4CC(CC(C4)C2)C3)cc1Cl. The highest BCUT2D eigenvalue weighted by Gasteiger charge is 2.54. The molecule has 2 nitrogen and oxygen atoms in total. The highest BCUT2D eigenvalue weighted by Crippen LogP contribution is 2.60. The Kier molecular flexibility index (Phi) is 3.08. The Morgan fingerprint density at radius 3 is 2.24 bits per heavy atom. The first-order chi connectivity index (χ1) is 10.0. The van der Waals surface area contributed by atoms with Crippen LogP contribution in [0, 0.1) is 30.1 Å². The number of nitrogens with one attached hydrogen (secondary N) is 1. The Hall–Kier alpha value is -1.02. The van der Waals surface area contributed by atoms with Crippen LogP contribution in [0.15, 0.2) is 18.2 Å². The molecule has 4 bridgehead atoms. The van der Waals surface area contributed by atoms with Crippen LogP contribution in [0.5, 0.6) is 0 Å². The van der Waals surface area contributed by atoms with Crippen LogP contribution in [0.1, 0.15) is 44.1 Å². The van der Waals surface area contributed by atoms with Crippen molar-refractivity contribution in [3.63, 3.8) is 0 Å². The molecule has 4 aliphatic rings. The van der Waals surface area contributed by atoms with Crippen molar-refractivity contribution in [1.82, 2.24) is 0 Å². The molecule has 0 aliphatic heterocycles. The molecule has 4 fully saturated rings. The van der Waals surface area contributed by atoms with E-state index in [0.717, 1.165) is 53.3 Å². The van der Waals surface area contributed by atoms with Crippen LogP contribution in [-0.2, 0) is 4.79 Å². The predicted octanol–water partition coefficient (Wildman–Crippen LogP) is 4.80. The summed E-state index contributed by atoms with van der Waals surface area (Å²) < 4.78 is 0. The first kappa shape index (κ1) is 13.6. The molecule has 4 saturated carbocycles. The zero-order valence-electron chi connectivity index (χ0n) is 12.5. The number of hydrogen-bond acceptors (Lipinski definition) is 1. The lowest BCUT2D eigenvalue weighted by Gasteiger charge is -2.55. The number of anilines is 1. The minimum atomic E-state index is -0.0912. The van der Waals surface area contributed by atoms with Crippen LogP contribution < -0.4 is 5.32 Å². The number of aryl methyl sites for hydroxylation is 1. The van der Waals surface area contributed by atoms with Gasteiger partial charge < -0.3 is 5.32 Å². The fourth-order valence-electron chi connectivity index (χ4n) is 5.32. The fourth-order valence-corrected chi connectivity index (χ4v) is 5.50. The van der Waals surface area contributed by atoms with Crippen LogP contribution >= 0.6 is 11.6 Å². The molecule has 21 heavy (non-hydrogen) atoms. The Bertz CT molecular complexity index is 560. The number of hydrogen-bond donors (Lipinski definition) is 1. The average molecular weight is 304 g/mol. The lowest BCUT2D eigenvalue weighted by atomic mass is 9.49. The number of carbonyl (C=O) groups excluding carboxylic acids is 1. The van der Waals surface area contributed by atoms with Gasteiger partial charge in [-0.2, -0.15) is 0 Å². The second-order valence-electron chi connectivity index (χ2n) is 7.62. The van der Waals surface area contributed by atoms with Gasteiger partial charge in [-0.25, -0.2) is 0 Å². The van der Waals surface area contributed by atoms with E-state index in [1.165, 1.54) is 19.3 Å². The van der Waals surface area contributed by atoms with Crippen LogP contribution in [0.3, 0.4) is 0 Å². The Balaban J connectivity index is 1.56. The van der Waals surface area contributed by atoms with Crippen molar-refractivity contribution in [2.24, 2.45) is 23.2 Å². The first-order valence-electron chi connectivity index (χ1n) is 8.12. The lowest BCUT2D eigenvalue weighted by molar-refractivity contribution is -0.140. The Morgan fingerprint density at radius 1 is 1.14 bits per heavy atom. The van der Waals surface area contributed by atoms with E-state index >= 15 is 0 Å². The smallest absolute Gasteiger partial charge is 0.230 e. The van der Waals surface area contributed by atoms with E-state index < -0.39 is 0 Å². The molecule has 112 valence electrons. The second-order valence-corrected chi connectivity index (χ2v) is 8.02. The topological polar surface area (TPSA) is 29.1 Å². The number of amides is 1. The van der Waals surface area contributed by atoms with Crippen molar-refractivity contribution in [1.29, 1.82) is 0 Å². The summed E-state index contributed by atoms with van der Waals surface area (Å²) in [5.41, 5.74) is 1.79. The maximum Gasteiger partial charge on any atom is 0.230 e. The van der Waals surface area contributed by atoms with E-state index in [1.807, 2.05) is 25.1 Å². The normalized spacial score (nSPS) is 36.8. The van der Waals surface area contributed by atoms with E-state index in [2.05, 4.69) is 5.32 Å². The van der Waals surface area contributed by atoms with Crippen molar-refractivity contribution in [3.8, 4) is 0 Å². The molecule has 0 saturated heterocycles. The van der Waals surface area contributed by atoms with Crippen LogP contribution in [-0.4, -0.2) is 5.91 Å². The Labute approximate surface area is 131 Å². The molecule has 1 aromatic rings. The van der Waals surface area contributed by atoms with Crippen molar-refractivity contribution in [2.75, 3.05) is 5.32 Å². The average Bonchev–Trinajstić information content (AvgIpc) is 2.41. The number of halogens is 1. The summed E-state index contributed by atoms with van der Waals surface area (Å²) in [6.45, 7) is 1.98. The molecule has 1 N–H and O–H groups in total. The molecule has 0 spiro atoms. The summed E-state index contributed by atoms with van der Waals surface area (Å²) in [7, 11) is 0. The standard InChI is InChI=1S/C18H22ClNO/c1-11-2-3-15(7-16(11)19)20-17(21)18-8-12-4-13(9-18)6-14(5-12)10-18/h2-3,7,12-14H,4-6,8-10H2,1H3,(H,20,21). The van der Waals surface area contributed by atoms with Gasteiger partial charge in [0.1, 0.15) is 0 Å². The monoisotopic (exact) mass is 303 g/mol. The van der Waals surface area contributed by atoms with Gasteiger partial charge in [-0.1, -0.05) is 17.7 Å². The zero-order valence-corrected chi connectivity index (χ0v) is 13.2. The van der Waals surface area contributed by atoms with Crippen molar-refractivity contribution in [3.05, 3.63) is 28.8 Å². The van der Waals surface area contributed by atoms with E-state index in [1.54, 1.807) is 0 Å². The van der Waals surface area contributed by atoms with E-state index in [4.69, 9.17) is 11.6 Å². The number of rotatable bonds is 2. The van der Waals surface area contributed by atoms with Gasteiger partial charge in [0, 0.05) is 10.7 Å². The molecule has 0 unspecified atom stereocenters. The predicted molar refractivity (Wildman–Crippen MR) is 85.4 cm³/mol. The van der Waals surface area contributed by atoms with Gasteiger partial charge in [0.25, 0.3) is 0 Å². The summed E-state index contributed by atoms with van der Waals surface area (Å²) in [6.07, 6.45) is 7.40. The van der Waals surface area contributed by atoms with E-state index in [0.29, 0.717) is 0 Å². The third-order valence-corrected chi connectivity index (χ3v) is 6.36. The Morgan fingerprint density at radius 2 is 1.71 bits per heavy atom. The van der Waals surface area contributed by atoms with Crippen LogP contribution in [0.2, 0.25) is 5.02 Å². The summed E-state index contributed by atoms with van der Waals surface area (Å²) in [5, 5.41) is 3.86. The van der Waals surface area contributed by atoms with Gasteiger partial charge in [-0.3, -0.25) is 4.79 Å². The molecule has 5 rings (SSSR count). The second kappa shape index (κ2) is 4.74. The van der Waals surface area contributed by atoms with Crippen molar-refractivity contribution in [2.45, 2.75) is 45.4 Å². The summed E-state index contributed by atoms with van der Waals surface area (Å²) in [6, 6.07) is 5.80. The molecule has 4 aliphatic carbocycles. The van der Waals surface area contributed by atoms with Crippen molar-refractivity contribution < 1.29 is 4.79 Å². The number of benzene rings is 1. The van der Waals surface area contributed by atoms with Crippen molar-refractivity contribution >= 4 is 23.2 Å². The van der Waals surface area contributed by atoms with Crippen LogP contribution in [0.4, 0.5) is 5.69 Å². The summed E-state index contributed by atoms with van der Waals surface area (Å²) in [4.78, 5) is 12.9. The third kappa shape index (κ3) is 2.28. The molecule has 3 heteroatoms. The minimum Gasteiger partial charge on any atom is -0.326 e.